The number of benzene rings is 1. The molecule has 2 unspecified atom stereocenters. The van der Waals surface area contributed by atoms with Crippen molar-refractivity contribution in [1.82, 2.24) is 15.5 Å². The molecular weight excluding hydrogens is 284 g/mol. The van der Waals surface area contributed by atoms with Crippen molar-refractivity contribution >= 4 is 5.96 Å². The third kappa shape index (κ3) is 4.71. The maximum atomic E-state index is 4.49. The standard InChI is InChI=1S/C19H30N4/c1-15-10-16(2)13-23(12-15)14-18-7-4-3-6-17(18)11-22-19-20-8-5-9-21-19/h3-4,6-7,15-16H,5,8-14H2,1-2H3,(H2,20,21,22). The molecule has 0 amide bonds. The van der Waals surface area contributed by atoms with Crippen LogP contribution in [0.2, 0.25) is 0 Å². The van der Waals surface area contributed by atoms with E-state index >= 15 is 0 Å². The van der Waals surface area contributed by atoms with Crippen molar-refractivity contribution in [3.05, 3.63) is 35.4 Å². The Morgan fingerprint density at radius 3 is 2.61 bits per heavy atom. The molecule has 0 aromatic heterocycles. The summed E-state index contributed by atoms with van der Waals surface area (Å²) in [6.07, 6.45) is 2.50. The first-order chi connectivity index (χ1) is 11.2. The average Bonchev–Trinajstić information content (AvgIpc) is 2.54. The van der Waals surface area contributed by atoms with Crippen LogP contribution in [0.3, 0.4) is 0 Å². The van der Waals surface area contributed by atoms with Gasteiger partial charge in [-0.25, -0.2) is 0 Å². The van der Waals surface area contributed by atoms with E-state index in [1.807, 2.05) is 0 Å². The second kappa shape index (κ2) is 7.82. The Morgan fingerprint density at radius 1 is 1.17 bits per heavy atom. The molecule has 1 aromatic carbocycles. The molecule has 2 heterocycles. The van der Waals surface area contributed by atoms with Crippen LogP contribution < -0.4 is 10.6 Å². The predicted octanol–water partition coefficient (Wildman–Crippen LogP) is 2.60. The van der Waals surface area contributed by atoms with Gasteiger partial charge in [-0.2, -0.15) is 0 Å². The molecule has 1 aromatic rings. The molecule has 126 valence electrons. The molecule has 0 spiro atoms. The maximum Gasteiger partial charge on any atom is 0.191 e. The van der Waals surface area contributed by atoms with Crippen LogP contribution >= 0.6 is 0 Å². The van der Waals surface area contributed by atoms with Gasteiger partial charge in [0.25, 0.3) is 0 Å². The van der Waals surface area contributed by atoms with Crippen LogP contribution in [0, 0.1) is 11.8 Å². The van der Waals surface area contributed by atoms with Crippen molar-refractivity contribution in [2.24, 2.45) is 16.8 Å². The highest BCUT2D eigenvalue weighted by molar-refractivity contribution is 5.80. The normalized spacial score (nSPS) is 25.6. The van der Waals surface area contributed by atoms with E-state index in [1.54, 1.807) is 0 Å². The smallest absolute Gasteiger partial charge is 0.191 e. The van der Waals surface area contributed by atoms with Gasteiger partial charge in [-0.15, -0.1) is 0 Å². The zero-order valence-electron chi connectivity index (χ0n) is 14.5. The van der Waals surface area contributed by atoms with Gasteiger partial charge in [-0.3, -0.25) is 9.89 Å². The second-order valence-electron chi connectivity index (χ2n) is 7.27. The number of nitrogens with zero attached hydrogens (tertiary/aromatic N) is 2. The van der Waals surface area contributed by atoms with Crippen LogP contribution in [0.15, 0.2) is 29.3 Å². The lowest BCUT2D eigenvalue weighted by Gasteiger charge is -2.35. The van der Waals surface area contributed by atoms with E-state index < -0.39 is 0 Å². The molecule has 0 bridgehead atoms. The molecule has 4 heteroatoms. The monoisotopic (exact) mass is 314 g/mol. The van der Waals surface area contributed by atoms with Crippen molar-refractivity contribution in [2.75, 3.05) is 26.2 Å². The lowest BCUT2D eigenvalue weighted by atomic mass is 9.91. The van der Waals surface area contributed by atoms with E-state index in [-0.39, 0.29) is 0 Å². The van der Waals surface area contributed by atoms with Gasteiger partial charge in [0.15, 0.2) is 5.96 Å². The fraction of sp³-hybridized carbons (Fsp3) is 0.632. The van der Waals surface area contributed by atoms with Crippen LogP contribution in [-0.4, -0.2) is 37.0 Å². The molecule has 1 fully saturated rings. The van der Waals surface area contributed by atoms with Gasteiger partial charge in [0, 0.05) is 39.3 Å². The minimum atomic E-state index is 0.810. The molecule has 2 N–H and O–H groups in total. The van der Waals surface area contributed by atoms with E-state index in [1.165, 1.54) is 30.6 Å². The van der Waals surface area contributed by atoms with Crippen LogP contribution in [0.4, 0.5) is 0 Å². The lowest BCUT2D eigenvalue weighted by Crippen LogP contribution is -2.41. The van der Waals surface area contributed by atoms with Gasteiger partial charge in [0.2, 0.25) is 0 Å². The van der Waals surface area contributed by atoms with Crippen molar-refractivity contribution in [1.29, 1.82) is 0 Å². The Morgan fingerprint density at radius 2 is 1.91 bits per heavy atom. The van der Waals surface area contributed by atoms with E-state index in [0.29, 0.717) is 0 Å². The van der Waals surface area contributed by atoms with Gasteiger partial charge in [-0.05, 0) is 35.8 Å². The summed E-state index contributed by atoms with van der Waals surface area (Å²) in [4.78, 5) is 7.11. The van der Waals surface area contributed by atoms with Crippen LogP contribution in [0.25, 0.3) is 0 Å². The predicted molar refractivity (Wildman–Crippen MR) is 96.4 cm³/mol. The second-order valence-corrected chi connectivity index (χ2v) is 7.27. The van der Waals surface area contributed by atoms with E-state index in [9.17, 15) is 0 Å². The Labute approximate surface area is 140 Å². The maximum absolute atomic E-state index is 4.49. The number of rotatable bonds is 4. The first-order valence-corrected chi connectivity index (χ1v) is 9.02. The molecule has 0 radical (unpaired) electrons. The number of piperidine rings is 1. The summed E-state index contributed by atoms with van der Waals surface area (Å²) < 4.78 is 0. The lowest BCUT2D eigenvalue weighted by molar-refractivity contribution is 0.134. The number of hydrogen-bond donors (Lipinski definition) is 2. The fourth-order valence-corrected chi connectivity index (χ4v) is 3.88. The van der Waals surface area contributed by atoms with Gasteiger partial charge >= 0.3 is 0 Å². The van der Waals surface area contributed by atoms with Crippen LogP contribution in [-0.2, 0) is 13.1 Å². The van der Waals surface area contributed by atoms with Gasteiger partial charge in [-0.1, -0.05) is 38.1 Å². The fourth-order valence-electron chi connectivity index (χ4n) is 3.88. The molecule has 0 aliphatic carbocycles. The Hall–Kier alpha value is -1.55. The zero-order valence-corrected chi connectivity index (χ0v) is 14.5. The number of aliphatic imine (C=N–C) groups is 1. The quantitative estimate of drug-likeness (QED) is 0.897. The molecule has 4 nitrogen and oxygen atoms in total. The molecule has 0 saturated carbocycles. The first kappa shape index (κ1) is 16.3. The highest BCUT2D eigenvalue weighted by Crippen LogP contribution is 2.23. The summed E-state index contributed by atoms with van der Waals surface area (Å²) >= 11 is 0. The van der Waals surface area contributed by atoms with Gasteiger partial charge in [0.1, 0.15) is 0 Å². The van der Waals surface area contributed by atoms with E-state index in [2.05, 4.69) is 58.6 Å². The summed E-state index contributed by atoms with van der Waals surface area (Å²) in [7, 11) is 0. The molecule has 2 aliphatic rings. The topological polar surface area (TPSA) is 39.7 Å². The molecule has 3 rings (SSSR count). The van der Waals surface area contributed by atoms with Gasteiger partial charge < -0.3 is 10.6 Å². The summed E-state index contributed by atoms with van der Waals surface area (Å²) in [5.41, 5.74) is 2.83. The average molecular weight is 314 g/mol. The van der Waals surface area contributed by atoms with Crippen LogP contribution in [0.5, 0.6) is 0 Å². The highest BCUT2D eigenvalue weighted by Gasteiger charge is 2.22. The Kier molecular flexibility index (Phi) is 5.55. The minimum absolute atomic E-state index is 0.810. The molecule has 2 aliphatic heterocycles. The summed E-state index contributed by atoms with van der Waals surface area (Å²) in [5, 5.41) is 6.78. The zero-order chi connectivity index (χ0) is 16.1. The number of nitrogens with one attached hydrogen (secondary N) is 2. The largest absolute Gasteiger partial charge is 0.356 e. The summed E-state index contributed by atoms with van der Waals surface area (Å²) in [6.45, 7) is 11.1. The van der Waals surface area contributed by atoms with Crippen molar-refractivity contribution < 1.29 is 0 Å². The first-order valence-electron chi connectivity index (χ1n) is 9.02. The Bertz CT molecular complexity index is 530. The molecule has 1 saturated heterocycles. The van der Waals surface area contributed by atoms with E-state index in [0.717, 1.165) is 50.4 Å². The molecule has 23 heavy (non-hydrogen) atoms. The van der Waals surface area contributed by atoms with Gasteiger partial charge in [0.05, 0.1) is 0 Å². The van der Waals surface area contributed by atoms with E-state index in [4.69, 9.17) is 0 Å². The number of guanidine groups is 1. The highest BCUT2D eigenvalue weighted by atomic mass is 15.2. The third-order valence-corrected chi connectivity index (χ3v) is 4.80. The third-order valence-electron chi connectivity index (χ3n) is 4.80. The van der Waals surface area contributed by atoms with Crippen molar-refractivity contribution in [3.8, 4) is 0 Å². The van der Waals surface area contributed by atoms with Crippen molar-refractivity contribution in [2.45, 2.75) is 39.8 Å². The van der Waals surface area contributed by atoms with Crippen LogP contribution in [0.1, 0.15) is 37.8 Å². The Balaban J connectivity index is 1.62. The molecule has 2 atom stereocenters. The molecular formula is C19H30N4. The minimum Gasteiger partial charge on any atom is -0.356 e. The SMILES string of the molecule is CC1CC(C)CN(Cc2ccccc2CNC2=NCCCN2)C1. The van der Waals surface area contributed by atoms with Crippen molar-refractivity contribution in [3.63, 3.8) is 0 Å². The number of likely N-dealkylation sites (tertiary alicyclic amines) is 1. The number of hydrogen-bond acceptors (Lipinski definition) is 4. The summed E-state index contributed by atoms with van der Waals surface area (Å²) in [6, 6.07) is 8.81. The summed E-state index contributed by atoms with van der Waals surface area (Å²) in [5.74, 6) is 2.57.